The average molecular weight is 284 g/mol. The normalized spacial score (nSPS) is 12.2. The summed E-state index contributed by atoms with van der Waals surface area (Å²) in [4.78, 5) is 0. The number of benzene rings is 2. The van der Waals surface area contributed by atoms with Crippen molar-refractivity contribution in [2.75, 3.05) is 0 Å². The fourth-order valence-corrected chi connectivity index (χ4v) is 1.98. The predicted molar refractivity (Wildman–Crippen MR) is 64.7 cm³/mol. The second-order valence-electron chi connectivity index (χ2n) is 4.11. The van der Waals surface area contributed by atoms with Gasteiger partial charge in [0.05, 0.1) is 0 Å². The lowest BCUT2D eigenvalue weighted by molar-refractivity contribution is 0.369. The highest BCUT2D eigenvalue weighted by Crippen LogP contribution is 2.33. The molecule has 2 rings (SSSR count). The SMILES string of the molecule is C=CC(c1ccccc1)c1c(F)c(F)c(F)c(F)c1F. The Kier molecular flexibility index (Phi) is 3.88. The fourth-order valence-electron chi connectivity index (χ4n) is 1.98. The van der Waals surface area contributed by atoms with Gasteiger partial charge in [0.2, 0.25) is 5.82 Å². The standard InChI is InChI=1S/C15H9F5/c1-2-9(8-6-4-3-5-7-8)10-11(16)13(18)15(20)14(19)12(10)17/h2-7,9H,1H2. The van der Waals surface area contributed by atoms with Gasteiger partial charge in [-0.2, -0.15) is 0 Å². The summed E-state index contributed by atoms with van der Waals surface area (Å²) < 4.78 is 67.0. The van der Waals surface area contributed by atoms with Crippen molar-refractivity contribution < 1.29 is 22.0 Å². The van der Waals surface area contributed by atoms with Gasteiger partial charge in [0.25, 0.3) is 0 Å². The molecule has 0 saturated carbocycles. The van der Waals surface area contributed by atoms with Crippen LogP contribution in [0.4, 0.5) is 22.0 Å². The van der Waals surface area contributed by atoms with Gasteiger partial charge in [-0.25, -0.2) is 22.0 Å². The van der Waals surface area contributed by atoms with Gasteiger partial charge in [-0.3, -0.25) is 0 Å². The molecule has 0 spiro atoms. The second-order valence-corrected chi connectivity index (χ2v) is 4.11. The van der Waals surface area contributed by atoms with E-state index >= 15 is 0 Å². The summed E-state index contributed by atoms with van der Waals surface area (Å²) in [7, 11) is 0. The van der Waals surface area contributed by atoms with E-state index in [4.69, 9.17) is 0 Å². The van der Waals surface area contributed by atoms with E-state index in [1.54, 1.807) is 18.2 Å². The number of rotatable bonds is 3. The van der Waals surface area contributed by atoms with Crippen molar-refractivity contribution in [2.24, 2.45) is 0 Å². The molecule has 0 aliphatic rings. The zero-order valence-corrected chi connectivity index (χ0v) is 10.1. The monoisotopic (exact) mass is 284 g/mol. The highest BCUT2D eigenvalue weighted by atomic mass is 19.2. The summed E-state index contributed by atoms with van der Waals surface area (Å²) in [5.41, 5.74) is -0.520. The summed E-state index contributed by atoms with van der Waals surface area (Å²) in [5, 5.41) is 0. The van der Waals surface area contributed by atoms with Crippen LogP contribution in [0.3, 0.4) is 0 Å². The summed E-state index contributed by atoms with van der Waals surface area (Å²) >= 11 is 0. The lowest BCUT2D eigenvalue weighted by Crippen LogP contribution is -2.11. The van der Waals surface area contributed by atoms with Gasteiger partial charge in [-0.15, -0.1) is 6.58 Å². The Morgan fingerprint density at radius 3 is 1.65 bits per heavy atom. The molecular formula is C15H9F5. The van der Waals surface area contributed by atoms with Crippen molar-refractivity contribution in [1.82, 2.24) is 0 Å². The van der Waals surface area contributed by atoms with Crippen LogP contribution in [0, 0.1) is 29.1 Å². The molecule has 5 heteroatoms. The van der Waals surface area contributed by atoms with Gasteiger partial charge in [-0.1, -0.05) is 36.4 Å². The zero-order chi connectivity index (χ0) is 14.9. The molecule has 0 radical (unpaired) electrons. The third kappa shape index (κ3) is 2.19. The van der Waals surface area contributed by atoms with E-state index in [0.717, 1.165) is 6.08 Å². The van der Waals surface area contributed by atoms with Crippen molar-refractivity contribution >= 4 is 0 Å². The van der Waals surface area contributed by atoms with E-state index in [0.29, 0.717) is 5.56 Å². The van der Waals surface area contributed by atoms with Gasteiger partial charge in [0, 0.05) is 11.5 Å². The first-order chi connectivity index (χ1) is 9.49. The fraction of sp³-hybridized carbons (Fsp3) is 0.0667. The minimum Gasteiger partial charge on any atom is -0.203 e. The molecule has 0 aromatic heterocycles. The first-order valence-electron chi connectivity index (χ1n) is 5.67. The van der Waals surface area contributed by atoms with Crippen LogP contribution in [0.2, 0.25) is 0 Å². The molecule has 1 atom stereocenters. The smallest absolute Gasteiger partial charge is 0.200 e. The Morgan fingerprint density at radius 2 is 1.20 bits per heavy atom. The first kappa shape index (κ1) is 14.2. The van der Waals surface area contributed by atoms with Crippen LogP contribution in [0.5, 0.6) is 0 Å². The molecule has 0 N–H and O–H groups in total. The van der Waals surface area contributed by atoms with Crippen LogP contribution < -0.4 is 0 Å². The molecule has 0 heterocycles. The summed E-state index contributed by atoms with van der Waals surface area (Å²) in [6.07, 6.45) is 1.13. The number of halogens is 5. The summed E-state index contributed by atoms with van der Waals surface area (Å²) in [6.45, 7) is 3.41. The summed E-state index contributed by atoms with van der Waals surface area (Å²) in [5.74, 6) is -10.9. The van der Waals surface area contributed by atoms with Crippen LogP contribution in [0.15, 0.2) is 43.0 Å². The van der Waals surface area contributed by atoms with Crippen LogP contribution >= 0.6 is 0 Å². The third-order valence-corrected chi connectivity index (χ3v) is 2.95. The van der Waals surface area contributed by atoms with Crippen LogP contribution in [-0.2, 0) is 0 Å². The zero-order valence-electron chi connectivity index (χ0n) is 10.1. The topological polar surface area (TPSA) is 0 Å². The van der Waals surface area contributed by atoms with Gasteiger partial charge in [0.1, 0.15) is 0 Å². The van der Waals surface area contributed by atoms with Crippen molar-refractivity contribution in [2.45, 2.75) is 5.92 Å². The van der Waals surface area contributed by atoms with Crippen molar-refractivity contribution in [3.63, 3.8) is 0 Å². The van der Waals surface area contributed by atoms with Gasteiger partial charge in [-0.05, 0) is 5.56 Å². The minimum absolute atomic E-state index is 0.380. The molecule has 0 saturated heterocycles. The maximum absolute atomic E-state index is 13.8. The first-order valence-corrected chi connectivity index (χ1v) is 5.67. The van der Waals surface area contributed by atoms with Crippen molar-refractivity contribution in [1.29, 1.82) is 0 Å². The molecule has 0 nitrogen and oxygen atoms in total. The highest BCUT2D eigenvalue weighted by molar-refractivity contribution is 5.39. The molecule has 1 unspecified atom stereocenters. The maximum atomic E-state index is 13.8. The molecular weight excluding hydrogens is 275 g/mol. The molecule has 20 heavy (non-hydrogen) atoms. The van der Waals surface area contributed by atoms with Crippen molar-refractivity contribution in [3.8, 4) is 0 Å². The molecule has 0 amide bonds. The van der Waals surface area contributed by atoms with Crippen LogP contribution in [0.1, 0.15) is 17.0 Å². The second kappa shape index (κ2) is 5.45. The molecule has 0 fully saturated rings. The molecule has 2 aromatic carbocycles. The summed E-state index contributed by atoms with van der Waals surface area (Å²) in [6, 6.07) is 7.90. The lowest BCUT2D eigenvalue weighted by atomic mass is 9.90. The van der Waals surface area contributed by atoms with E-state index in [9.17, 15) is 22.0 Å². The predicted octanol–water partition coefficient (Wildman–Crippen LogP) is 4.70. The Balaban J connectivity index is 2.71. The van der Waals surface area contributed by atoms with E-state index in [-0.39, 0.29) is 0 Å². The third-order valence-electron chi connectivity index (χ3n) is 2.95. The van der Waals surface area contributed by atoms with Crippen LogP contribution in [0.25, 0.3) is 0 Å². The van der Waals surface area contributed by atoms with Crippen molar-refractivity contribution in [3.05, 3.63) is 83.2 Å². The Morgan fingerprint density at radius 1 is 0.750 bits per heavy atom. The Bertz CT molecular complexity index is 620. The molecule has 0 aliphatic carbocycles. The Labute approximate surface area is 112 Å². The highest BCUT2D eigenvalue weighted by Gasteiger charge is 2.29. The lowest BCUT2D eigenvalue weighted by Gasteiger charge is -2.16. The molecule has 104 valence electrons. The van der Waals surface area contributed by atoms with Gasteiger partial charge in [0.15, 0.2) is 23.3 Å². The average Bonchev–Trinajstić information content (AvgIpc) is 2.48. The van der Waals surface area contributed by atoms with Gasteiger partial charge >= 0.3 is 0 Å². The minimum atomic E-state index is -2.17. The van der Waals surface area contributed by atoms with Gasteiger partial charge < -0.3 is 0 Å². The van der Waals surface area contributed by atoms with E-state index in [1.165, 1.54) is 12.1 Å². The maximum Gasteiger partial charge on any atom is 0.200 e. The molecule has 0 bridgehead atoms. The number of hydrogen-bond donors (Lipinski definition) is 0. The largest absolute Gasteiger partial charge is 0.203 e. The van der Waals surface area contributed by atoms with E-state index < -0.39 is 40.6 Å². The number of hydrogen-bond acceptors (Lipinski definition) is 0. The van der Waals surface area contributed by atoms with E-state index in [2.05, 4.69) is 6.58 Å². The molecule has 0 aliphatic heterocycles. The number of allylic oxidation sites excluding steroid dienone is 1. The molecule has 2 aromatic rings. The van der Waals surface area contributed by atoms with E-state index in [1.807, 2.05) is 0 Å². The quantitative estimate of drug-likeness (QED) is 0.332. The Hall–Kier alpha value is -2.17. The van der Waals surface area contributed by atoms with Crippen LogP contribution in [-0.4, -0.2) is 0 Å².